The van der Waals surface area contributed by atoms with Gasteiger partial charge in [0.1, 0.15) is 0 Å². The molecule has 3 aliphatic carbocycles. The summed E-state index contributed by atoms with van der Waals surface area (Å²) in [6, 6.07) is 2.54. The SMILES string of the molecule is CCC(C)(C)C1CCCC(N(C2CCCCCCC2)C2CCCC(C(C)(N)CC)CCC2)CCC1. The minimum absolute atomic E-state index is 0.0361. The molecule has 35 heavy (non-hydrogen) atoms. The Morgan fingerprint density at radius 2 is 0.886 bits per heavy atom. The van der Waals surface area contributed by atoms with Crippen LogP contribution < -0.4 is 5.73 Å². The van der Waals surface area contributed by atoms with Gasteiger partial charge in [-0.3, -0.25) is 4.90 Å². The maximum absolute atomic E-state index is 6.75. The first-order valence-electron chi connectivity index (χ1n) is 16.3. The zero-order valence-corrected chi connectivity index (χ0v) is 24.8. The van der Waals surface area contributed by atoms with Crippen LogP contribution >= 0.6 is 0 Å². The molecule has 3 fully saturated rings. The van der Waals surface area contributed by atoms with Gasteiger partial charge in [0.15, 0.2) is 0 Å². The van der Waals surface area contributed by atoms with Gasteiger partial charge in [-0.25, -0.2) is 0 Å². The fourth-order valence-electron chi connectivity index (χ4n) is 8.22. The lowest BCUT2D eigenvalue weighted by Gasteiger charge is -2.47. The Morgan fingerprint density at radius 1 is 0.514 bits per heavy atom. The second kappa shape index (κ2) is 14.2. The number of rotatable bonds is 7. The van der Waals surface area contributed by atoms with Crippen LogP contribution in [0.1, 0.15) is 169 Å². The first-order chi connectivity index (χ1) is 16.8. The Balaban J connectivity index is 1.71. The maximum Gasteiger partial charge on any atom is 0.0151 e. The van der Waals surface area contributed by atoms with Crippen molar-refractivity contribution < 1.29 is 0 Å². The van der Waals surface area contributed by atoms with E-state index in [1.54, 1.807) is 0 Å². The summed E-state index contributed by atoms with van der Waals surface area (Å²) < 4.78 is 0. The lowest BCUT2D eigenvalue weighted by atomic mass is 9.70. The molecule has 3 saturated carbocycles. The molecule has 0 aromatic heterocycles. The molecule has 1 atom stereocenters. The van der Waals surface area contributed by atoms with Crippen LogP contribution in [-0.4, -0.2) is 28.6 Å². The van der Waals surface area contributed by atoms with Crippen LogP contribution in [-0.2, 0) is 0 Å². The summed E-state index contributed by atoms with van der Waals surface area (Å²) in [5, 5.41) is 0. The van der Waals surface area contributed by atoms with Gasteiger partial charge < -0.3 is 5.73 Å². The van der Waals surface area contributed by atoms with E-state index in [0.717, 1.165) is 36.4 Å². The predicted molar refractivity (Wildman–Crippen MR) is 155 cm³/mol. The molecule has 0 radical (unpaired) electrons. The fourth-order valence-corrected chi connectivity index (χ4v) is 8.22. The van der Waals surface area contributed by atoms with Gasteiger partial charge in [-0.05, 0) is 94.8 Å². The highest BCUT2D eigenvalue weighted by atomic mass is 15.2. The van der Waals surface area contributed by atoms with Gasteiger partial charge in [0.2, 0.25) is 0 Å². The van der Waals surface area contributed by atoms with Crippen molar-refractivity contribution in [1.29, 1.82) is 0 Å². The molecule has 3 aliphatic rings. The van der Waals surface area contributed by atoms with Crippen LogP contribution in [0.25, 0.3) is 0 Å². The third-order valence-electron chi connectivity index (χ3n) is 11.4. The average Bonchev–Trinajstić information content (AvgIpc) is 2.76. The van der Waals surface area contributed by atoms with Crippen LogP contribution in [0.4, 0.5) is 0 Å². The second-order valence-electron chi connectivity index (χ2n) is 14.1. The van der Waals surface area contributed by atoms with Crippen LogP contribution in [0.5, 0.6) is 0 Å². The fraction of sp³-hybridized carbons (Fsp3) is 1.00. The van der Waals surface area contributed by atoms with E-state index in [2.05, 4.69) is 39.5 Å². The van der Waals surface area contributed by atoms with Gasteiger partial charge in [0.05, 0.1) is 0 Å². The molecule has 0 bridgehead atoms. The van der Waals surface area contributed by atoms with E-state index < -0.39 is 0 Å². The first-order valence-corrected chi connectivity index (χ1v) is 16.3. The minimum Gasteiger partial charge on any atom is -0.325 e. The minimum atomic E-state index is 0.0361. The highest BCUT2D eigenvalue weighted by molar-refractivity contribution is 4.92. The molecule has 0 aromatic rings. The van der Waals surface area contributed by atoms with Crippen molar-refractivity contribution in [2.24, 2.45) is 23.0 Å². The topological polar surface area (TPSA) is 29.3 Å². The lowest BCUT2D eigenvalue weighted by molar-refractivity contribution is 0.0257. The van der Waals surface area contributed by atoms with E-state index >= 15 is 0 Å². The molecule has 0 aromatic carbocycles. The summed E-state index contributed by atoms with van der Waals surface area (Å²) >= 11 is 0. The van der Waals surface area contributed by atoms with E-state index in [1.165, 1.54) is 128 Å². The summed E-state index contributed by atoms with van der Waals surface area (Å²) in [7, 11) is 0. The summed E-state index contributed by atoms with van der Waals surface area (Å²) in [5.74, 6) is 1.66. The van der Waals surface area contributed by atoms with Gasteiger partial charge >= 0.3 is 0 Å². The van der Waals surface area contributed by atoms with Crippen molar-refractivity contribution in [3.8, 4) is 0 Å². The molecule has 0 spiro atoms. The van der Waals surface area contributed by atoms with Crippen LogP contribution in [0, 0.1) is 17.3 Å². The highest BCUT2D eigenvalue weighted by Gasteiger charge is 2.36. The largest absolute Gasteiger partial charge is 0.325 e. The number of nitrogens with two attached hydrogens (primary N) is 1. The molecule has 0 heterocycles. The molecule has 0 saturated heterocycles. The third kappa shape index (κ3) is 8.46. The summed E-state index contributed by atoms with van der Waals surface area (Å²) in [4.78, 5) is 3.21. The Hall–Kier alpha value is -0.0800. The van der Waals surface area contributed by atoms with Gasteiger partial charge in [0.25, 0.3) is 0 Å². The van der Waals surface area contributed by atoms with Crippen LogP contribution in [0.2, 0.25) is 0 Å². The van der Waals surface area contributed by atoms with Crippen LogP contribution in [0.3, 0.4) is 0 Å². The maximum atomic E-state index is 6.75. The van der Waals surface area contributed by atoms with E-state index in [4.69, 9.17) is 5.73 Å². The average molecular weight is 489 g/mol. The Morgan fingerprint density at radius 3 is 1.29 bits per heavy atom. The summed E-state index contributed by atoms with van der Waals surface area (Å²) in [6.07, 6.45) is 29.9. The van der Waals surface area contributed by atoms with Crippen molar-refractivity contribution >= 4 is 0 Å². The normalized spacial score (nSPS) is 33.0. The summed E-state index contributed by atoms with van der Waals surface area (Å²) in [5.41, 5.74) is 7.31. The second-order valence-corrected chi connectivity index (χ2v) is 14.1. The quantitative estimate of drug-likeness (QED) is 0.386. The smallest absolute Gasteiger partial charge is 0.0151 e. The molecule has 1 unspecified atom stereocenters. The van der Waals surface area contributed by atoms with Crippen molar-refractivity contribution in [1.82, 2.24) is 4.90 Å². The highest BCUT2D eigenvalue weighted by Crippen LogP contribution is 2.41. The first kappa shape index (κ1) is 29.5. The summed E-state index contributed by atoms with van der Waals surface area (Å²) in [6.45, 7) is 12.1. The molecular formula is C33H64N2. The standard InChI is InChI=1S/C33H64N2/c1-6-32(3,4)27-17-13-23-30(24-14-18-27)35(29-21-11-9-8-10-12-22-29)31-25-15-19-28(20-16-26-31)33(5,34)7-2/h27-31H,6-26,34H2,1-5H3. The molecule has 0 amide bonds. The monoisotopic (exact) mass is 489 g/mol. The molecule has 3 rings (SSSR count). The third-order valence-corrected chi connectivity index (χ3v) is 11.4. The Kier molecular flexibility index (Phi) is 11.9. The van der Waals surface area contributed by atoms with Gasteiger partial charge in [0, 0.05) is 23.7 Å². The van der Waals surface area contributed by atoms with Gasteiger partial charge in [-0.1, -0.05) is 91.9 Å². The Labute approximate surface area is 220 Å². The number of hydrogen-bond acceptors (Lipinski definition) is 2. The molecule has 2 N–H and O–H groups in total. The van der Waals surface area contributed by atoms with E-state index in [9.17, 15) is 0 Å². The van der Waals surface area contributed by atoms with Crippen molar-refractivity contribution in [3.05, 3.63) is 0 Å². The molecule has 2 heteroatoms. The van der Waals surface area contributed by atoms with Crippen LogP contribution in [0.15, 0.2) is 0 Å². The van der Waals surface area contributed by atoms with Crippen molar-refractivity contribution in [2.45, 2.75) is 193 Å². The van der Waals surface area contributed by atoms with Crippen molar-refractivity contribution in [2.75, 3.05) is 0 Å². The van der Waals surface area contributed by atoms with E-state index in [-0.39, 0.29) is 5.54 Å². The number of hydrogen-bond donors (Lipinski definition) is 1. The predicted octanol–water partition coefficient (Wildman–Crippen LogP) is 9.64. The van der Waals surface area contributed by atoms with Crippen molar-refractivity contribution in [3.63, 3.8) is 0 Å². The zero-order valence-electron chi connectivity index (χ0n) is 24.8. The molecule has 206 valence electrons. The number of nitrogens with zero attached hydrogens (tertiary/aromatic N) is 1. The molecular weight excluding hydrogens is 424 g/mol. The van der Waals surface area contributed by atoms with Gasteiger partial charge in [-0.15, -0.1) is 0 Å². The lowest BCUT2D eigenvalue weighted by Crippen LogP contribution is -2.51. The Bertz CT molecular complexity index is 514. The van der Waals surface area contributed by atoms with E-state index in [1.807, 2.05) is 0 Å². The molecule has 2 nitrogen and oxygen atoms in total. The van der Waals surface area contributed by atoms with E-state index in [0.29, 0.717) is 5.41 Å². The zero-order chi connectivity index (χ0) is 25.3. The van der Waals surface area contributed by atoms with Gasteiger partial charge in [-0.2, -0.15) is 0 Å². The molecule has 0 aliphatic heterocycles.